The molecule has 0 unspecified atom stereocenters. The molecule has 2 heterocycles. The van der Waals surface area contributed by atoms with Crippen molar-refractivity contribution in [3.63, 3.8) is 0 Å². The van der Waals surface area contributed by atoms with Gasteiger partial charge in [0, 0.05) is 24.0 Å². The maximum atomic E-state index is 13.5. The van der Waals surface area contributed by atoms with E-state index in [1.54, 1.807) is 30.3 Å². The van der Waals surface area contributed by atoms with Gasteiger partial charge in [0.25, 0.3) is 0 Å². The Morgan fingerprint density at radius 1 is 1.13 bits per heavy atom. The summed E-state index contributed by atoms with van der Waals surface area (Å²) < 4.78 is 40.5. The second-order valence-corrected chi connectivity index (χ2v) is 7.19. The summed E-state index contributed by atoms with van der Waals surface area (Å²) in [6.07, 6.45) is -3.00. The lowest BCUT2D eigenvalue weighted by Gasteiger charge is -2.30. The number of aromatic nitrogens is 1. The highest BCUT2D eigenvalue weighted by atomic mass is 19.4. The van der Waals surface area contributed by atoms with E-state index in [1.165, 1.54) is 18.2 Å². The van der Waals surface area contributed by atoms with Gasteiger partial charge < -0.3 is 5.11 Å². The lowest BCUT2D eigenvalue weighted by molar-refractivity contribution is -0.137. The number of fused-ring (bicyclic) bond motifs is 2. The van der Waals surface area contributed by atoms with Crippen molar-refractivity contribution in [3.8, 4) is 0 Å². The van der Waals surface area contributed by atoms with Gasteiger partial charge in [-0.25, -0.2) is 9.78 Å². The molecule has 4 rings (SSSR count). The Morgan fingerprint density at radius 2 is 1.83 bits per heavy atom. The molecule has 3 aromatic rings. The smallest absolute Gasteiger partial charge is 0.416 e. The molecule has 1 aromatic heterocycles. The number of aromatic carboxylic acids is 1. The molecule has 0 atom stereocenters. The first-order chi connectivity index (χ1) is 14.3. The first-order valence-electron chi connectivity index (χ1n) is 9.54. The van der Waals surface area contributed by atoms with Crippen LogP contribution < -0.4 is 0 Å². The van der Waals surface area contributed by atoms with Crippen LogP contribution in [0, 0.1) is 0 Å². The van der Waals surface area contributed by atoms with Crippen LogP contribution in [-0.2, 0) is 12.7 Å². The Kier molecular flexibility index (Phi) is 5.07. The number of hydrogen-bond donors (Lipinski definition) is 1. The van der Waals surface area contributed by atoms with E-state index in [0.717, 1.165) is 6.07 Å². The number of nitrogens with zero attached hydrogens (tertiary/aromatic N) is 2. The fourth-order valence-corrected chi connectivity index (χ4v) is 3.92. The number of carboxylic acid groups (broad SMARTS) is 1. The summed E-state index contributed by atoms with van der Waals surface area (Å²) >= 11 is 0. The maximum absolute atomic E-state index is 13.5. The zero-order valence-corrected chi connectivity index (χ0v) is 16.2. The van der Waals surface area contributed by atoms with Gasteiger partial charge in [-0.1, -0.05) is 43.3 Å². The summed E-state index contributed by atoms with van der Waals surface area (Å²) in [6, 6.07) is 12.3. The van der Waals surface area contributed by atoms with Crippen molar-refractivity contribution in [2.45, 2.75) is 19.6 Å². The normalized spacial score (nSPS) is 16.1. The van der Waals surface area contributed by atoms with E-state index in [-0.39, 0.29) is 11.1 Å². The van der Waals surface area contributed by atoms with E-state index in [4.69, 9.17) is 0 Å². The summed E-state index contributed by atoms with van der Waals surface area (Å²) in [5, 5.41) is 10.4. The van der Waals surface area contributed by atoms with Crippen molar-refractivity contribution >= 4 is 28.5 Å². The van der Waals surface area contributed by atoms with E-state index in [9.17, 15) is 23.1 Å². The molecule has 4 nitrogen and oxygen atoms in total. The van der Waals surface area contributed by atoms with Crippen LogP contribution in [0.4, 0.5) is 13.2 Å². The van der Waals surface area contributed by atoms with Gasteiger partial charge in [0.1, 0.15) is 0 Å². The lowest BCUT2D eigenvalue weighted by Crippen LogP contribution is -2.31. The fraction of sp³-hybridized carbons (Fsp3) is 0.217. The highest BCUT2D eigenvalue weighted by Gasteiger charge is 2.33. The van der Waals surface area contributed by atoms with Gasteiger partial charge in [0.05, 0.1) is 22.3 Å². The second-order valence-electron chi connectivity index (χ2n) is 7.19. The lowest BCUT2D eigenvalue weighted by atomic mass is 9.91. The summed E-state index contributed by atoms with van der Waals surface area (Å²) in [4.78, 5) is 18.8. The summed E-state index contributed by atoms with van der Waals surface area (Å²) in [5.74, 6) is -1.07. The second kappa shape index (κ2) is 7.57. The van der Waals surface area contributed by atoms with Crippen molar-refractivity contribution in [1.82, 2.24) is 9.88 Å². The first kappa shape index (κ1) is 20.1. The van der Waals surface area contributed by atoms with Crippen LogP contribution in [0.5, 0.6) is 0 Å². The Bertz CT molecular complexity index is 1170. The number of carboxylic acids is 1. The minimum absolute atomic E-state index is 0.0377. The van der Waals surface area contributed by atoms with Crippen LogP contribution in [0.25, 0.3) is 22.6 Å². The van der Waals surface area contributed by atoms with Crippen LogP contribution >= 0.6 is 0 Å². The summed E-state index contributed by atoms with van der Waals surface area (Å²) in [7, 11) is 0. The molecule has 7 heteroatoms. The number of benzene rings is 2. The topological polar surface area (TPSA) is 53.4 Å². The highest BCUT2D eigenvalue weighted by molar-refractivity contribution is 6.06. The number of para-hydroxylation sites is 1. The van der Waals surface area contributed by atoms with Gasteiger partial charge in [0.2, 0.25) is 0 Å². The Morgan fingerprint density at radius 3 is 2.53 bits per heavy atom. The number of carbonyl (C=O) groups is 1. The van der Waals surface area contributed by atoms with Gasteiger partial charge in [-0.2, -0.15) is 13.2 Å². The number of alkyl halides is 3. The number of hydrogen-bond acceptors (Lipinski definition) is 3. The van der Waals surface area contributed by atoms with E-state index < -0.39 is 17.7 Å². The Balaban J connectivity index is 2.00. The third-order valence-corrected chi connectivity index (χ3v) is 5.33. The third kappa shape index (κ3) is 3.57. The Labute approximate surface area is 171 Å². The van der Waals surface area contributed by atoms with Gasteiger partial charge in [0.15, 0.2) is 0 Å². The van der Waals surface area contributed by atoms with Gasteiger partial charge in [-0.3, -0.25) is 4.90 Å². The Hall–Kier alpha value is -3.19. The molecule has 0 aliphatic carbocycles. The minimum Gasteiger partial charge on any atom is -0.478 e. The summed E-state index contributed by atoms with van der Waals surface area (Å²) in [6.45, 7) is 3.33. The van der Waals surface area contributed by atoms with Crippen LogP contribution in [0.15, 0.2) is 48.5 Å². The molecule has 0 saturated carbocycles. The van der Waals surface area contributed by atoms with Crippen molar-refractivity contribution < 1.29 is 23.1 Å². The molecule has 0 bridgehead atoms. The monoisotopic (exact) mass is 412 g/mol. The molecular formula is C23H19F3N2O2. The average Bonchev–Trinajstić information content (AvgIpc) is 2.71. The molecule has 2 aromatic carbocycles. The minimum atomic E-state index is -4.49. The zero-order valence-electron chi connectivity index (χ0n) is 16.2. The largest absolute Gasteiger partial charge is 0.478 e. The van der Waals surface area contributed by atoms with E-state index >= 15 is 0 Å². The standard InChI is InChI=1S/C23H19F3N2O2/c1-2-28-12-15(11-14-7-3-5-9-18(14)23(24,25)26)21-17(13-28)20(22(29)30)16-8-4-6-10-19(16)27-21/h3-11H,2,12-13H2,1H3,(H,29,30)/b15-11-. The molecule has 30 heavy (non-hydrogen) atoms. The number of rotatable bonds is 3. The van der Waals surface area contributed by atoms with E-state index in [2.05, 4.69) is 4.98 Å². The molecule has 1 aliphatic rings. The first-order valence-corrected chi connectivity index (χ1v) is 9.54. The molecule has 0 fully saturated rings. The van der Waals surface area contributed by atoms with Crippen molar-refractivity contribution in [2.24, 2.45) is 0 Å². The third-order valence-electron chi connectivity index (χ3n) is 5.33. The molecule has 154 valence electrons. The van der Waals surface area contributed by atoms with E-state index in [0.29, 0.717) is 47.4 Å². The zero-order chi connectivity index (χ0) is 21.5. The predicted molar refractivity (Wildman–Crippen MR) is 109 cm³/mol. The van der Waals surface area contributed by atoms with Crippen LogP contribution in [0.2, 0.25) is 0 Å². The molecule has 0 amide bonds. The molecule has 1 aliphatic heterocycles. The average molecular weight is 412 g/mol. The van der Waals surface area contributed by atoms with Gasteiger partial charge in [-0.05, 0) is 35.9 Å². The van der Waals surface area contributed by atoms with Crippen LogP contribution in [0.3, 0.4) is 0 Å². The maximum Gasteiger partial charge on any atom is 0.416 e. The number of halogens is 3. The number of likely N-dealkylation sites (N-methyl/N-ethyl adjacent to an activating group) is 1. The van der Waals surface area contributed by atoms with Crippen molar-refractivity contribution in [1.29, 1.82) is 0 Å². The number of pyridine rings is 1. The molecule has 0 spiro atoms. The van der Waals surface area contributed by atoms with Crippen molar-refractivity contribution in [2.75, 3.05) is 13.1 Å². The molecule has 0 saturated heterocycles. The molecule has 1 N–H and O–H groups in total. The quantitative estimate of drug-likeness (QED) is 0.632. The fourth-order valence-electron chi connectivity index (χ4n) is 3.92. The molecule has 0 radical (unpaired) electrons. The van der Waals surface area contributed by atoms with Crippen molar-refractivity contribution in [3.05, 3.63) is 76.5 Å². The van der Waals surface area contributed by atoms with Gasteiger partial charge in [-0.15, -0.1) is 0 Å². The van der Waals surface area contributed by atoms with Crippen LogP contribution in [-0.4, -0.2) is 34.0 Å². The summed E-state index contributed by atoms with van der Waals surface area (Å²) in [5.41, 5.74) is 1.53. The van der Waals surface area contributed by atoms with Gasteiger partial charge >= 0.3 is 12.1 Å². The van der Waals surface area contributed by atoms with E-state index in [1.807, 2.05) is 11.8 Å². The predicted octanol–water partition coefficient (Wildman–Crippen LogP) is 5.33. The highest BCUT2D eigenvalue weighted by Crippen LogP contribution is 2.37. The molecular weight excluding hydrogens is 393 g/mol. The van der Waals surface area contributed by atoms with Crippen LogP contribution in [0.1, 0.15) is 39.7 Å². The SMILES string of the molecule is CCN1C/C(=C/c2ccccc2C(F)(F)F)c2nc3ccccc3c(C(=O)O)c2C1.